The Kier molecular flexibility index (Phi) is 3.56. The van der Waals surface area contributed by atoms with Gasteiger partial charge in [-0.05, 0) is 31.2 Å². The van der Waals surface area contributed by atoms with Crippen LogP contribution in [0.5, 0.6) is 0 Å². The second-order valence-electron chi connectivity index (χ2n) is 4.41. The van der Waals surface area contributed by atoms with Gasteiger partial charge >= 0.3 is 5.97 Å². The van der Waals surface area contributed by atoms with Crippen molar-refractivity contribution in [3.63, 3.8) is 0 Å². The van der Waals surface area contributed by atoms with Crippen molar-refractivity contribution in [3.05, 3.63) is 17.5 Å². The SMILES string of the molecule is CN(CCCC(=O)O)c1ncc2c(n1)CCC2. The van der Waals surface area contributed by atoms with Gasteiger partial charge in [0, 0.05) is 31.9 Å². The van der Waals surface area contributed by atoms with E-state index in [9.17, 15) is 4.79 Å². The summed E-state index contributed by atoms with van der Waals surface area (Å²) in [5, 5.41) is 8.57. The van der Waals surface area contributed by atoms with Crippen LogP contribution in [-0.2, 0) is 17.6 Å². The molecule has 1 aliphatic rings. The number of fused-ring (bicyclic) bond motifs is 1. The number of aryl methyl sites for hydroxylation is 2. The summed E-state index contributed by atoms with van der Waals surface area (Å²) in [6.45, 7) is 0.672. The molecule has 1 aliphatic carbocycles. The van der Waals surface area contributed by atoms with Crippen molar-refractivity contribution in [2.24, 2.45) is 0 Å². The molecule has 1 heterocycles. The Labute approximate surface area is 100 Å². The van der Waals surface area contributed by atoms with Gasteiger partial charge in [0.25, 0.3) is 0 Å². The van der Waals surface area contributed by atoms with Gasteiger partial charge < -0.3 is 10.0 Å². The Morgan fingerprint density at radius 2 is 2.35 bits per heavy atom. The summed E-state index contributed by atoms with van der Waals surface area (Å²) < 4.78 is 0. The van der Waals surface area contributed by atoms with Crippen molar-refractivity contribution in [2.45, 2.75) is 32.1 Å². The van der Waals surface area contributed by atoms with Crippen molar-refractivity contribution < 1.29 is 9.90 Å². The van der Waals surface area contributed by atoms with E-state index in [0.717, 1.165) is 25.0 Å². The lowest BCUT2D eigenvalue weighted by atomic mass is 10.3. The topological polar surface area (TPSA) is 66.3 Å². The fourth-order valence-corrected chi connectivity index (χ4v) is 2.05. The van der Waals surface area contributed by atoms with Crippen LogP contribution in [0.1, 0.15) is 30.5 Å². The minimum Gasteiger partial charge on any atom is -0.481 e. The van der Waals surface area contributed by atoms with E-state index in [1.54, 1.807) is 0 Å². The summed E-state index contributed by atoms with van der Waals surface area (Å²) in [6.07, 6.45) is 5.99. The maximum atomic E-state index is 10.4. The Hall–Kier alpha value is -1.65. The number of anilines is 1. The molecule has 1 aromatic heterocycles. The number of rotatable bonds is 5. The minimum atomic E-state index is -0.756. The van der Waals surface area contributed by atoms with Gasteiger partial charge in [0.1, 0.15) is 0 Å². The zero-order chi connectivity index (χ0) is 12.3. The maximum absolute atomic E-state index is 10.4. The molecule has 0 amide bonds. The number of carboxylic acids is 1. The van der Waals surface area contributed by atoms with Crippen LogP contribution in [0, 0.1) is 0 Å². The van der Waals surface area contributed by atoms with Crippen LogP contribution < -0.4 is 4.90 Å². The van der Waals surface area contributed by atoms with Gasteiger partial charge in [-0.15, -0.1) is 0 Å². The van der Waals surface area contributed by atoms with Crippen molar-refractivity contribution in [2.75, 3.05) is 18.5 Å². The zero-order valence-corrected chi connectivity index (χ0v) is 10.0. The predicted molar refractivity (Wildman–Crippen MR) is 64.2 cm³/mol. The molecule has 1 aromatic rings. The maximum Gasteiger partial charge on any atom is 0.303 e. The Morgan fingerprint density at radius 1 is 1.53 bits per heavy atom. The molecule has 0 bridgehead atoms. The largest absolute Gasteiger partial charge is 0.481 e. The molecule has 92 valence electrons. The van der Waals surface area contributed by atoms with Crippen molar-refractivity contribution in [3.8, 4) is 0 Å². The Morgan fingerprint density at radius 3 is 3.12 bits per heavy atom. The number of hydrogen-bond donors (Lipinski definition) is 1. The third-order valence-electron chi connectivity index (χ3n) is 3.03. The highest BCUT2D eigenvalue weighted by Gasteiger charge is 2.14. The standard InChI is InChI=1S/C12H17N3O2/c1-15(7-3-6-11(16)17)12-13-8-9-4-2-5-10(9)14-12/h8H,2-7H2,1H3,(H,16,17). The van der Waals surface area contributed by atoms with E-state index in [-0.39, 0.29) is 6.42 Å². The summed E-state index contributed by atoms with van der Waals surface area (Å²) in [4.78, 5) is 21.2. The first-order chi connectivity index (χ1) is 8.16. The summed E-state index contributed by atoms with van der Waals surface area (Å²) >= 11 is 0. The molecular weight excluding hydrogens is 218 g/mol. The molecule has 0 unspecified atom stereocenters. The van der Waals surface area contributed by atoms with Crippen LogP contribution in [0.25, 0.3) is 0 Å². The molecule has 0 atom stereocenters. The van der Waals surface area contributed by atoms with E-state index in [0.29, 0.717) is 18.9 Å². The van der Waals surface area contributed by atoms with Crippen molar-refractivity contribution >= 4 is 11.9 Å². The average Bonchev–Trinajstić information content (AvgIpc) is 2.75. The first kappa shape index (κ1) is 11.8. The third kappa shape index (κ3) is 2.93. The minimum absolute atomic E-state index is 0.190. The number of carboxylic acid groups (broad SMARTS) is 1. The average molecular weight is 235 g/mol. The fraction of sp³-hybridized carbons (Fsp3) is 0.583. The van der Waals surface area contributed by atoms with Gasteiger partial charge in [-0.2, -0.15) is 0 Å². The van der Waals surface area contributed by atoms with Crippen LogP contribution in [0.15, 0.2) is 6.20 Å². The van der Waals surface area contributed by atoms with Crippen molar-refractivity contribution in [1.82, 2.24) is 9.97 Å². The zero-order valence-electron chi connectivity index (χ0n) is 10.0. The third-order valence-corrected chi connectivity index (χ3v) is 3.03. The molecule has 17 heavy (non-hydrogen) atoms. The van der Waals surface area contributed by atoms with Crippen LogP contribution in [0.4, 0.5) is 5.95 Å². The van der Waals surface area contributed by atoms with E-state index in [2.05, 4.69) is 9.97 Å². The molecule has 0 spiro atoms. The second-order valence-corrected chi connectivity index (χ2v) is 4.41. The van der Waals surface area contributed by atoms with Gasteiger partial charge in [0.2, 0.25) is 5.95 Å². The van der Waals surface area contributed by atoms with Crippen LogP contribution in [0.2, 0.25) is 0 Å². The highest BCUT2D eigenvalue weighted by Crippen LogP contribution is 2.20. The normalized spacial score (nSPS) is 13.5. The summed E-state index contributed by atoms with van der Waals surface area (Å²) in [5.74, 6) is -0.0516. The van der Waals surface area contributed by atoms with E-state index >= 15 is 0 Å². The molecule has 0 aromatic carbocycles. The number of nitrogens with zero attached hydrogens (tertiary/aromatic N) is 3. The Balaban J connectivity index is 1.95. The molecule has 5 heteroatoms. The number of hydrogen-bond acceptors (Lipinski definition) is 4. The van der Waals surface area contributed by atoms with Gasteiger partial charge in [0.15, 0.2) is 0 Å². The molecule has 0 aliphatic heterocycles. The van der Waals surface area contributed by atoms with Crippen LogP contribution in [0.3, 0.4) is 0 Å². The number of carbonyl (C=O) groups is 1. The molecule has 0 radical (unpaired) electrons. The van der Waals surface area contributed by atoms with Crippen LogP contribution in [-0.4, -0.2) is 34.6 Å². The first-order valence-electron chi connectivity index (χ1n) is 5.94. The van der Waals surface area contributed by atoms with E-state index in [1.807, 2.05) is 18.1 Å². The fourth-order valence-electron chi connectivity index (χ4n) is 2.05. The molecule has 2 rings (SSSR count). The van der Waals surface area contributed by atoms with Gasteiger partial charge in [0.05, 0.1) is 0 Å². The van der Waals surface area contributed by atoms with E-state index in [1.165, 1.54) is 5.56 Å². The molecule has 0 saturated carbocycles. The van der Waals surface area contributed by atoms with Crippen molar-refractivity contribution in [1.29, 1.82) is 0 Å². The molecule has 1 N–H and O–H groups in total. The molecule has 0 fully saturated rings. The highest BCUT2D eigenvalue weighted by atomic mass is 16.4. The predicted octanol–water partition coefficient (Wildman–Crippen LogP) is 1.27. The van der Waals surface area contributed by atoms with E-state index < -0.39 is 5.97 Å². The highest BCUT2D eigenvalue weighted by molar-refractivity contribution is 5.66. The summed E-state index contributed by atoms with van der Waals surface area (Å²) in [7, 11) is 1.90. The van der Waals surface area contributed by atoms with Gasteiger partial charge in [-0.1, -0.05) is 0 Å². The quantitative estimate of drug-likeness (QED) is 0.832. The molecular formula is C12H17N3O2. The monoisotopic (exact) mass is 235 g/mol. The smallest absolute Gasteiger partial charge is 0.303 e. The van der Waals surface area contributed by atoms with E-state index in [4.69, 9.17) is 5.11 Å². The van der Waals surface area contributed by atoms with Crippen LogP contribution >= 0.6 is 0 Å². The molecule has 0 saturated heterocycles. The van der Waals surface area contributed by atoms with Gasteiger partial charge in [-0.3, -0.25) is 4.79 Å². The Bertz CT molecular complexity index is 420. The van der Waals surface area contributed by atoms with Gasteiger partial charge in [-0.25, -0.2) is 9.97 Å². The lowest BCUT2D eigenvalue weighted by Gasteiger charge is -2.16. The molecule has 5 nitrogen and oxygen atoms in total. The number of aromatic nitrogens is 2. The number of aliphatic carboxylic acids is 1. The first-order valence-corrected chi connectivity index (χ1v) is 5.94. The lowest BCUT2D eigenvalue weighted by molar-refractivity contribution is -0.137. The second kappa shape index (κ2) is 5.12. The summed E-state index contributed by atoms with van der Waals surface area (Å²) in [6, 6.07) is 0. The summed E-state index contributed by atoms with van der Waals surface area (Å²) in [5.41, 5.74) is 2.41. The lowest BCUT2D eigenvalue weighted by Crippen LogP contribution is -2.22.